The van der Waals surface area contributed by atoms with Crippen molar-refractivity contribution >= 4 is 23.2 Å². The molecule has 1 atom stereocenters. The van der Waals surface area contributed by atoms with Gasteiger partial charge in [0, 0.05) is 32.0 Å². The Bertz CT molecular complexity index is 853. The molecule has 2 amide bonds. The lowest BCUT2D eigenvalue weighted by molar-refractivity contribution is -0.131. The summed E-state index contributed by atoms with van der Waals surface area (Å²) in [6.07, 6.45) is 2.88. The lowest BCUT2D eigenvalue weighted by Gasteiger charge is -2.30. The van der Waals surface area contributed by atoms with Crippen LogP contribution in [-0.4, -0.2) is 43.5 Å². The molecular weight excluding hydrogens is 388 g/mol. The molecule has 1 fully saturated rings. The van der Waals surface area contributed by atoms with Crippen LogP contribution in [0.1, 0.15) is 36.8 Å². The van der Waals surface area contributed by atoms with Crippen molar-refractivity contribution in [2.24, 2.45) is 0 Å². The molecule has 29 heavy (non-hydrogen) atoms. The van der Waals surface area contributed by atoms with E-state index in [0.717, 1.165) is 17.5 Å². The number of ether oxygens (including phenoxy) is 2. The molecule has 7 heteroatoms. The summed E-state index contributed by atoms with van der Waals surface area (Å²) in [6, 6.07) is 7.83. The number of benzene rings is 1. The molecule has 1 aromatic heterocycles. The maximum atomic E-state index is 12.7. The highest BCUT2D eigenvalue weighted by Crippen LogP contribution is 2.33. The van der Waals surface area contributed by atoms with Crippen LogP contribution in [0.5, 0.6) is 11.5 Å². The first-order chi connectivity index (χ1) is 13.9. The number of methoxy groups -OCH3 is 2. The number of carbonyl (C=O) groups is 2. The first-order valence-corrected chi connectivity index (χ1v) is 10.7. The summed E-state index contributed by atoms with van der Waals surface area (Å²) in [5.41, 5.74) is 1.78. The largest absolute Gasteiger partial charge is 0.493 e. The quantitative estimate of drug-likeness (QED) is 0.680. The number of nitrogens with zero attached hydrogens (tertiary/aromatic N) is 1. The molecule has 1 aliphatic heterocycles. The van der Waals surface area contributed by atoms with Crippen LogP contribution < -0.4 is 14.8 Å². The van der Waals surface area contributed by atoms with Gasteiger partial charge in [-0.1, -0.05) is 6.07 Å². The lowest BCUT2D eigenvalue weighted by atomic mass is 9.84. The van der Waals surface area contributed by atoms with Crippen molar-refractivity contribution in [3.05, 3.63) is 46.2 Å². The minimum Gasteiger partial charge on any atom is -0.493 e. The normalized spacial score (nSPS) is 18.4. The number of nitrogens with one attached hydrogen (secondary N) is 1. The van der Waals surface area contributed by atoms with Gasteiger partial charge in [0.2, 0.25) is 11.8 Å². The summed E-state index contributed by atoms with van der Waals surface area (Å²) in [5.74, 6) is 1.47. The Kier molecular flexibility index (Phi) is 6.79. The predicted octanol–water partition coefficient (Wildman–Crippen LogP) is 3.40. The third-order valence-electron chi connectivity index (χ3n) is 5.47. The van der Waals surface area contributed by atoms with E-state index in [4.69, 9.17) is 9.47 Å². The second-order valence-electron chi connectivity index (χ2n) is 7.58. The van der Waals surface area contributed by atoms with Gasteiger partial charge in [0.25, 0.3) is 0 Å². The predicted molar refractivity (Wildman–Crippen MR) is 113 cm³/mol. The zero-order valence-corrected chi connectivity index (χ0v) is 18.0. The van der Waals surface area contributed by atoms with Gasteiger partial charge >= 0.3 is 0 Å². The van der Waals surface area contributed by atoms with Gasteiger partial charge in [0.05, 0.1) is 14.2 Å². The molecule has 0 aliphatic carbocycles. The van der Waals surface area contributed by atoms with Crippen molar-refractivity contribution in [1.29, 1.82) is 0 Å². The van der Waals surface area contributed by atoms with Gasteiger partial charge in [-0.05, 0) is 59.3 Å². The smallest absolute Gasteiger partial charge is 0.222 e. The molecule has 1 saturated heterocycles. The zero-order valence-electron chi connectivity index (χ0n) is 17.2. The van der Waals surface area contributed by atoms with Crippen molar-refractivity contribution in [2.45, 2.75) is 44.2 Å². The van der Waals surface area contributed by atoms with Crippen molar-refractivity contribution < 1.29 is 19.1 Å². The molecule has 0 bridgehead atoms. The minimum atomic E-state index is -0.407. The Morgan fingerprint density at radius 2 is 2.00 bits per heavy atom. The molecule has 2 heterocycles. The lowest BCUT2D eigenvalue weighted by Crippen LogP contribution is -2.44. The Morgan fingerprint density at radius 3 is 2.62 bits per heavy atom. The highest BCUT2D eigenvalue weighted by Gasteiger charge is 2.38. The topological polar surface area (TPSA) is 67.9 Å². The van der Waals surface area contributed by atoms with E-state index in [0.29, 0.717) is 43.7 Å². The highest BCUT2D eigenvalue weighted by atomic mass is 32.1. The van der Waals surface area contributed by atoms with Crippen LogP contribution in [0.2, 0.25) is 0 Å². The van der Waals surface area contributed by atoms with Crippen molar-refractivity contribution in [2.75, 3.05) is 21.3 Å². The fourth-order valence-corrected chi connectivity index (χ4v) is 4.50. The SMILES string of the molecule is COc1ccc(C[C@@]2(CCC(=O)N(C)Cc3ccsc3)CCC(=O)N2)cc1OC. The summed E-state index contributed by atoms with van der Waals surface area (Å²) in [7, 11) is 5.04. The van der Waals surface area contributed by atoms with Crippen LogP contribution in [-0.2, 0) is 22.6 Å². The molecule has 0 unspecified atom stereocenters. The maximum absolute atomic E-state index is 12.7. The van der Waals surface area contributed by atoms with Crippen LogP contribution in [0.4, 0.5) is 0 Å². The van der Waals surface area contributed by atoms with Crippen molar-refractivity contribution in [1.82, 2.24) is 10.2 Å². The van der Waals surface area contributed by atoms with Gasteiger partial charge in [-0.3, -0.25) is 9.59 Å². The van der Waals surface area contributed by atoms with Crippen LogP contribution in [0.25, 0.3) is 0 Å². The van der Waals surface area contributed by atoms with Gasteiger partial charge < -0.3 is 19.7 Å². The fraction of sp³-hybridized carbons (Fsp3) is 0.455. The zero-order chi connectivity index (χ0) is 20.9. The van der Waals surface area contributed by atoms with Crippen LogP contribution in [0.3, 0.4) is 0 Å². The molecular formula is C22H28N2O4S. The second-order valence-corrected chi connectivity index (χ2v) is 8.36. The van der Waals surface area contributed by atoms with E-state index in [1.165, 1.54) is 0 Å². The Morgan fingerprint density at radius 1 is 1.21 bits per heavy atom. The number of hydrogen-bond acceptors (Lipinski definition) is 5. The maximum Gasteiger partial charge on any atom is 0.222 e. The number of amides is 2. The van der Waals surface area contributed by atoms with E-state index >= 15 is 0 Å². The van der Waals surface area contributed by atoms with Gasteiger partial charge in [0.1, 0.15) is 0 Å². The van der Waals surface area contributed by atoms with Crippen LogP contribution >= 0.6 is 11.3 Å². The van der Waals surface area contributed by atoms with Gasteiger partial charge in [0.15, 0.2) is 11.5 Å². The molecule has 2 aromatic rings. The summed E-state index contributed by atoms with van der Waals surface area (Å²) >= 11 is 1.63. The van der Waals surface area contributed by atoms with Gasteiger partial charge in [-0.2, -0.15) is 11.3 Å². The first-order valence-electron chi connectivity index (χ1n) is 9.72. The van der Waals surface area contributed by atoms with Crippen LogP contribution in [0, 0.1) is 0 Å². The van der Waals surface area contributed by atoms with E-state index in [-0.39, 0.29) is 11.8 Å². The fourth-order valence-electron chi connectivity index (χ4n) is 3.85. The minimum absolute atomic E-state index is 0.0459. The highest BCUT2D eigenvalue weighted by molar-refractivity contribution is 7.07. The van der Waals surface area contributed by atoms with Crippen molar-refractivity contribution in [3.8, 4) is 11.5 Å². The molecule has 0 spiro atoms. The standard InChI is InChI=1S/C22H28N2O4S/c1-24(14-17-8-11-29-15-17)21(26)7-10-22(9-6-20(25)23-22)13-16-4-5-18(27-2)19(12-16)28-3/h4-5,8,11-12,15H,6-7,9-10,13-14H2,1-3H3,(H,23,25)/t22-/m0/s1. The summed E-state index contributed by atoms with van der Waals surface area (Å²) in [4.78, 5) is 26.4. The molecule has 156 valence electrons. The summed E-state index contributed by atoms with van der Waals surface area (Å²) in [6.45, 7) is 0.609. The Hall–Kier alpha value is -2.54. The van der Waals surface area contributed by atoms with E-state index in [9.17, 15) is 9.59 Å². The van der Waals surface area contributed by atoms with Crippen LogP contribution in [0.15, 0.2) is 35.0 Å². The number of rotatable bonds is 9. The monoisotopic (exact) mass is 416 g/mol. The van der Waals surface area contributed by atoms with Gasteiger partial charge in [-0.15, -0.1) is 0 Å². The third-order valence-corrected chi connectivity index (χ3v) is 6.20. The van der Waals surface area contributed by atoms with E-state index in [2.05, 4.69) is 10.7 Å². The molecule has 1 aliphatic rings. The Labute approximate surface area is 175 Å². The third kappa shape index (κ3) is 5.29. The molecule has 0 radical (unpaired) electrons. The second kappa shape index (κ2) is 9.31. The van der Waals surface area contributed by atoms with E-state index < -0.39 is 5.54 Å². The number of carbonyl (C=O) groups excluding carboxylic acids is 2. The molecule has 6 nitrogen and oxygen atoms in total. The molecule has 1 aromatic carbocycles. The average molecular weight is 417 g/mol. The first kappa shape index (κ1) is 21.2. The van der Waals surface area contributed by atoms with E-state index in [1.54, 1.807) is 30.5 Å². The molecule has 3 rings (SSSR count). The average Bonchev–Trinajstić information content (AvgIpc) is 3.36. The number of thiophene rings is 1. The summed E-state index contributed by atoms with van der Waals surface area (Å²) in [5, 5.41) is 7.21. The van der Waals surface area contributed by atoms with Gasteiger partial charge in [-0.25, -0.2) is 0 Å². The molecule has 1 N–H and O–H groups in total. The van der Waals surface area contributed by atoms with Crippen molar-refractivity contribution in [3.63, 3.8) is 0 Å². The number of hydrogen-bond donors (Lipinski definition) is 1. The Balaban J connectivity index is 1.67. The van der Waals surface area contributed by atoms with E-state index in [1.807, 2.05) is 36.7 Å². The molecule has 0 saturated carbocycles. The summed E-state index contributed by atoms with van der Waals surface area (Å²) < 4.78 is 10.7.